The molecule has 1 unspecified atom stereocenters. The zero-order chi connectivity index (χ0) is 6.69. The first-order chi connectivity index (χ1) is 4.34. The van der Waals surface area contributed by atoms with Crippen molar-refractivity contribution in [1.29, 1.82) is 0 Å². The second-order valence-electron chi connectivity index (χ2n) is 2.79. The molecule has 0 radical (unpaired) electrons. The van der Waals surface area contributed by atoms with Crippen molar-refractivity contribution in [2.45, 2.75) is 25.3 Å². The van der Waals surface area contributed by atoms with Crippen molar-refractivity contribution in [3.63, 3.8) is 0 Å². The highest BCUT2D eigenvalue weighted by molar-refractivity contribution is 7.80. The van der Waals surface area contributed by atoms with Crippen molar-refractivity contribution in [2.75, 3.05) is 19.3 Å². The van der Waals surface area contributed by atoms with E-state index in [1.165, 1.54) is 25.8 Å². The van der Waals surface area contributed by atoms with Gasteiger partial charge >= 0.3 is 0 Å². The molecule has 9 heavy (non-hydrogen) atoms. The zero-order valence-corrected chi connectivity index (χ0v) is 6.90. The van der Waals surface area contributed by atoms with E-state index in [0.29, 0.717) is 0 Å². The van der Waals surface area contributed by atoms with Crippen molar-refractivity contribution in [3.8, 4) is 0 Å². The smallest absolute Gasteiger partial charge is 0.0100 e. The highest BCUT2D eigenvalue weighted by Crippen LogP contribution is 2.17. The van der Waals surface area contributed by atoms with Gasteiger partial charge in [-0.1, -0.05) is 0 Å². The Bertz CT molecular complexity index is 85.0. The summed E-state index contributed by atoms with van der Waals surface area (Å²) in [5.74, 6) is 1.04. The van der Waals surface area contributed by atoms with Crippen molar-refractivity contribution in [3.05, 3.63) is 0 Å². The zero-order valence-electron chi connectivity index (χ0n) is 6.01. The lowest BCUT2D eigenvalue weighted by Crippen LogP contribution is -2.24. The van der Waals surface area contributed by atoms with Crippen LogP contribution in [0.3, 0.4) is 0 Å². The van der Waals surface area contributed by atoms with Crippen LogP contribution in [0.25, 0.3) is 0 Å². The summed E-state index contributed by atoms with van der Waals surface area (Å²) in [7, 11) is 2.21. The Hall–Kier alpha value is 0.310. The van der Waals surface area contributed by atoms with Gasteiger partial charge in [0, 0.05) is 6.04 Å². The molecule has 0 N–H and O–H groups in total. The fourth-order valence-electron chi connectivity index (χ4n) is 1.49. The minimum Gasteiger partial charge on any atom is -0.303 e. The maximum Gasteiger partial charge on any atom is 0.0100 e. The molecular weight excluding hydrogens is 130 g/mol. The SMILES string of the molecule is CN1CCCC1CCS. The van der Waals surface area contributed by atoms with E-state index in [9.17, 15) is 0 Å². The van der Waals surface area contributed by atoms with Crippen molar-refractivity contribution < 1.29 is 0 Å². The van der Waals surface area contributed by atoms with Gasteiger partial charge in [-0.2, -0.15) is 12.6 Å². The van der Waals surface area contributed by atoms with Crippen molar-refractivity contribution in [1.82, 2.24) is 4.90 Å². The number of hydrogen-bond donors (Lipinski definition) is 1. The molecule has 1 nitrogen and oxygen atoms in total. The van der Waals surface area contributed by atoms with Gasteiger partial charge in [0.2, 0.25) is 0 Å². The molecule has 2 heteroatoms. The van der Waals surface area contributed by atoms with Gasteiger partial charge in [0.05, 0.1) is 0 Å². The van der Waals surface area contributed by atoms with Crippen LogP contribution in [0.4, 0.5) is 0 Å². The van der Waals surface area contributed by atoms with Gasteiger partial charge in [-0.05, 0) is 38.6 Å². The molecule has 1 saturated heterocycles. The van der Waals surface area contributed by atoms with E-state index >= 15 is 0 Å². The number of nitrogens with zero attached hydrogens (tertiary/aromatic N) is 1. The maximum atomic E-state index is 4.21. The molecule has 1 fully saturated rings. The van der Waals surface area contributed by atoms with Crippen molar-refractivity contribution >= 4 is 12.6 Å². The lowest BCUT2D eigenvalue weighted by Gasteiger charge is -2.17. The Morgan fingerprint density at radius 2 is 2.44 bits per heavy atom. The molecule has 0 aromatic carbocycles. The third-order valence-corrected chi connectivity index (χ3v) is 2.39. The van der Waals surface area contributed by atoms with E-state index in [2.05, 4.69) is 24.6 Å². The first-order valence-corrected chi connectivity index (χ1v) is 4.29. The number of rotatable bonds is 2. The summed E-state index contributed by atoms with van der Waals surface area (Å²) in [5, 5.41) is 0. The Morgan fingerprint density at radius 1 is 1.67 bits per heavy atom. The quantitative estimate of drug-likeness (QED) is 0.575. The Kier molecular flexibility index (Phi) is 2.86. The second-order valence-corrected chi connectivity index (χ2v) is 3.24. The normalized spacial score (nSPS) is 29.3. The number of hydrogen-bond acceptors (Lipinski definition) is 2. The van der Waals surface area contributed by atoms with Gasteiger partial charge in [-0.3, -0.25) is 0 Å². The van der Waals surface area contributed by atoms with E-state index in [1.54, 1.807) is 0 Å². The summed E-state index contributed by atoms with van der Waals surface area (Å²) >= 11 is 4.21. The first kappa shape index (κ1) is 7.42. The molecule has 1 rings (SSSR count). The van der Waals surface area contributed by atoms with E-state index in [1.807, 2.05) is 0 Å². The number of thiol groups is 1. The fraction of sp³-hybridized carbons (Fsp3) is 1.00. The monoisotopic (exact) mass is 145 g/mol. The van der Waals surface area contributed by atoms with Gasteiger partial charge in [-0.25, -0.2) is 0 Å². The van der Waals surface area contributed by atoms with Crippen LogP contribution >= 0.6 is 12.6 Å². The molecule has 0 aromatic rings. The largest absolute Gasteiger partial charge is 0.303 e. The first-order valence-electron chi connectivity index (χ1n) is 3.65. The molecule has 1 heterocycles. The minimum atomic E-state index is 0.836. The molecular formula is C7H15NS. The van der Waals surface area contributed by atoms with Crippen LogP contribution in [-0.4, -0.2) is 30.3 Å². The molecule has 0 spiro atoms. The molecule has 1 atom stereocenters. The van der Waals surface area contributed by atoms with Crippen LogP contribution in [0.1, 0.15) is 19.3 Å². The van der Waals surface area contributed by atoms with Crippen LogP contribution < -0.4 is 0 Å². The average Bonchev–Trinajstić information content (AvgIpc) is 2.18. The lowest BCUT2D eigenvalue weighted by molar-refractivity contribution is 0.306. The Balaban J connectivity index is 2.22. The molecule has 0 aromatic heterocycles. The average molecular weight is 145 g/mol. The van der Waals surface area contributed by atoms with Crippen LogP contribution in [0.2, 0.25) is 0 Å². The minimum absolute atomic E-state index is 0.836. The summed E-state index contributed by atoms with van der Waals surface area (Å²) in [6.45, 7) is 1.29. The molecule has 0 bridgehead atoms. The lowest BCUT2D eigenvalue weighted by atomic mass is 10.2. The third kappa shape index (κ3) is 1.87. The van der Waals surface area contributed by atoms with E-state index in [-0.39, 0.29) is 0 Å². The predicted molar refractivity (Wildman–Crippen MR) is 44.1 cm³/mol. The fourth-order valence-corrected chi connectivity index (χ4v) is 1.79. The van der Waals surface area contributed by atoms with Gasteiger partial charge in [0.15, 0.2) is 0 Å². The van der Waals surface area contributed by atoms with Crippen LogP contribution in [0.5, 0.6) is 0 Å². The highest BCUT2D eigenvalue weighted by atomic mass is 32.1. The van der Waals surface area contributed by atoms with Crippen LogP contribution in [-0.2, 0) is 0 Å². The molecule has 0 amide bonds. The van der Waals surface area contributed by atoms with Gasteiger partial charge < -0.3 is 4.90 Å². The van der Waals surface area contributed by atoms with Gasteiger partial charge in [0.1, 0.15) is 0 Å². The van der Waals surface area contributed by atoms with Crippen LogP contribution in [0, 0.1) is 0 Å². The Labute approximate surface area is 62.8 Å². The summed E-state index contributed by atoms with van der Waals surface area (Å²) in [6, 6.07) is 0.836. The van der Waals surface area contributed by atoms with Crippen molar-refractivity contribution in [2.24, 2.45) is 0 Å². The van der Waals surface area contributed by atoms with Gasteiger partial charge in [0.25, 0.3) is 0 Å². The number of likely N-dealkylation sites (tertiary alicyclic amines) is 1. The van der Waals surface area contributed by atoms with E-state index in [4.69, 9.17) is 0 Å². The standard InChI is InChI=1S/C7H15NS/c1-8-5-2-3-7(8)4-6-9/h7,9H,2-6H2,1H3. The summed E-state index contributed by atoms with van der Waals surface area (Å²) in [5.41, 5.74) is 0. The molecule has 0 saturated carbocycles. The van der Waals surface area contributed by atoms with Gasteiger partial charge in [-0.15, -0.1) is 0 Å². The third-order valence-electron chi connectivity index (χ3n) is 2.13. The molecule has 54 valence electrons. The topological polar surface area (TPSA) is 3.24 Å². The molecule has 1 aliphatic rings. The molecule has 1 aliphatic heterocycles. The summed E-state index contributed by atoms with van der Waals surface area (Å²) < 4.78 is 0. The molecule has 0 aliphatic carbocycles. The predicted octanol–water partition coefficient (Wildman–Crippen LogP) is 1.40. The maximum absolute atomic E-state index is 4.21. The van der Waals surface area contributed by atoms with E-state index < -0.39 is 0 Å². The van der Waals surface area contributed by atoms with Crippen LogP contribution in [0.15, 0.2) is 0 Å². The summed E-state index contributed by atoms with van der Waals surface area (Å²) in [6.07, 6.45) is 4.03. The van der Waals surface area contributed by atoms with E-state index in [0.717, 1.165) is 11.8 Å². The second kappa shape index (κ2) is 3.47. The summed E-state index contributed by atoms with van der Waals surface area (Å²) in [4.78, 5) is 2.44. The Morgan fingerprint density at radius 3 is 2.89 bits per heavy atom. The highest BCUT2D eigenvalue weighted by Gasteiger charge is 2.18.